The minimum Gasteiger partial charge on any atom is -0.329 e. The van der Waals surface area contributed by atoms with Crippen molar-refractivity contribution in [2.24, 2.45) is 0 Å². The normalized spacial score (nSPS) is 10.3. The summed E-state index contributed by atoms with van der Waals surface area (Å²) in [5, 5.41) is 16.4. The summed E-state index contributed by atoms with van der Waals surface area (Å²) in [6.07, 6.45) is 1.04. The van der Waals surface area contributed by atoms with E-state index in [4.69, 9.17) is 17.4 Å². The zero-order chi connectivity index (χ0) is 16.4. The molecule has 0 amide bonds. The first-order valence-electron chi connectivity index (χ1n) is 6.93. The van der Waals surface area contributed by atoms with E-state index < -0.39 is 0 Å². The zero-order valence-corrected chi connectivity index (χ0v) is 12.5. The molecule has 1 heterocycles. The van der Waals surface area contributed by atoms with Gasteiger partial charge in [-0.2, -0.15) is 4.98 Å². The Kier molecular flexibility index (Phi) is 3.61. The van der Waals surface area contributed by atoms with Gasteiger partial charge in [-0.25, -0.2) is 4.85 Å². The van der Waals surface area contributed by atoms with E-state index in [-0.39, 0.29) is 5.62 Å². The Morgan fingerprint density at radius 1 is 1.22 bits per heavy atom. The van der Waals surface area contributed by atoms with Crippen LogP contribution in [0, 0.1) is 17.4 Å². The second-order valence-electron chi connectivity index (χ2n) is 4.97. The van der Waals surface area contributed by atoms with Crippen LogP contribution in [0.5, 0.6) is 0 Å². The second kappa shape index (κ2) is 5.73. The Hall–Kier alpha value is -3.46. The average molecular weight is 302 g/mol. The van der Waals surface area contributed by atoms with Crippen LogP contribution in [0.15, 0.2) is 48.5 Å². The van der Waals surface area contributed by atoms with Gasteiger partial charge in [-0.15, -0.1) is 0 Å². The number of rotatable bonds is 3. The van der Waals surface area contributed by atoms with Crippen molar-refractivity contribution >= 4 is 34.4 Å². The van der Waals surface area contributed by atoms with E-state index >= 15 is 0 Å². The van der Waals surface area contributed by atoms with Crippen LogP contribution in [-0.2, 0) is 0 Å². The number of para-hydroxylation sites is 1. The van der Waals surface area contributed by atoms with Gasteiger partial charge >= 0.3 is 0 Å². The fraction of sp³-hybridized carbons (Fsp3) is 0.0588. The SMILES string of the molecule is [C-]#[N+]c1ccc2c(N(C)c3ccccc3)nc(=N)n(C=N)c2c1. The predicted octanol–water partition coefficient (Wildman–Crippen LogP) is 3.29. The van der Waals surface area contributed by atoms with Crippen LogP contribution in [0.25, 0.3) is 15.7 Å². The van der Waals surface area contributed by atoms with Gasteiger partial charge in [-0.05, 0) is 18.2 Å². The summed E-state index contributed by atoms with van der Waals surface area (Å²) in [7, 11) is 1.88. The number of hydrogen-bond donors (Lipinski definition) is 2. The summed E-state index contributed by atoms with van der Waals surface area (Å²) in [6, 6.07) is 14.9. The molecule has 0 aliphatic heterocycles. The molecule has 0 radical (unpaired) electrons. The summed E-state index contributed by atoms with van der Waals surface area (Å²) in [4.78, 5) is 9.65. The van der Waals surface area contributed by atoms with Gasteiger partial charge in [0.25, 0.3) is 0 Å². The van der Waals surface area contributed by atoms with E-state index in [1.54, 1.807) is 12.1 Å². The third kappa shape index (κ3) is 2.45. The molecule has 3 aromatic rings. The number of anilines is 2. The monoisotopic (exact) mass is 302 g/mol. The van der Waals surface area contributed by atoms with Gasteiger partial charge in [-0.3, -0.25) is 15.4 Å². The lowest BCUT2D eigenvalue weighted by Crippen LogP contribution is -2.26. The van der Waals surface area contributed by atoms with Crippen LogP contribution in [0.2, 0.25) is 0 Å². The smallest absolute Gasteiger partial charge is 0.229 e. The first-order valence-corrected chi connectivity index (χ1v) is 6.93. The van der Waals surface area contributed by atoms with Crippen molar-refractivity contribution in [3.05, 3.63) is 65.6 Å². The third-order valence-electron chi connectivity index (χ3n) is 3.64. The minimum absolute atomic E-state index is 0.0487. The number of hydrogen-bond acceptors (Lipinski definition) is 4. The first-order chi connectivity index (χ1) is 11.2. The minimum atomic E-state index is -0.0487. The molecule has 0 spiro atoms. The molecule has 0 unspecified atom stereocenters. The standard InChI is InChI=1S/C17H14N6/c1-20-12-8-9-14-15(10-12)23(11-18)17(19)21-16(14)22(2)13-6-4-3-5-7-13/h3-11,18-19H,2H3. The zero-order valence-electron chi connectivity index (χ0n) is 12.5. The van der Waals surface area contributed by atoms with Crippen molar-refractivity contribution in [1.29, 1.82) is 10.8 Å². The largest absolute Gasteiger partial charge is 0.329 e. The fourth-order valence-electron chi connectivity index (χ4n) is 2.47. The third-order valence-corrected chi connectivity index (χ3v) is 3.64. The highest BCUT2D eigenvalue weighted by molar-refractivity contribution is 5.95. The molecule has 6 nitrogen and oxygen atoms in total. The maximum atomic E-state index is 8.07. The summed E-state index contributed by atoms with van der Waals surface area (Å²) in [5.41, 5.74) is 1.98. The van der Waals surface area contributed by atoms with E-state index in [2.05, 4.69) is 9.83 Å². The molecule has 0 fully saturated rings. The second-order valence-corrected chi connectivity index (χ2v) is 4.97. The van der Waals surface area contributed by atoms with Gasteiger partial charge < -0.3 is 4.90 Å². The van der Waals surface area contributed by atoms with Gasteiger partial charge in [0, 0.05) is 18.1 Å². The van der Waals surface area contributed by atoms with Crippen molar-refractivity contribution in [3.8, 4) is 0 Å². The van der Waals surface area contributed by atoms with Gasteiger partial charge in [-0.1, -0.05) is 30.3 Å². The Labute approximate surface area is 133 Å². The molecule has 23 heavy (non-hydrogen) atoms. The Bertz CT molecular complexity index is 982. The average Bonchev–Trinajstić information content (AvgIpc) is 2.60. The quantitative estimate of drug-likeness (QED) is 0.442. The molecule has 0 saturated carbocycles. The highest BCUT2D eigenvalue weighted by atomic mass is 15.2. The molecule has 3 rings (SSSR count). The molecular weight excluding hydrogens is 288 g/mol. The molecule has 2 N–H and O–H groups in total. The Morgan fingerprint density at radius 3 is 2.61 bits per heavy atom. The summed E-state index contributed by atoms with van der Waals surface area (Å²) < 4.78 is 1.35. The topological polar surface area (TPSA) is 73.1 Å². The number of nitrogens with zero attached hydrogens (tertiary/aromatic N) is 4. The molecule has 0 aliphatic rings. The molecule has 0 atom stereocenters. The molecule has 112 valence electrons. The van der Waals surface area contributed by atoms with Gasteiger partial charge in [0.15, 0.2) is 5.69 Å². The molecule has 0 saturated heterocycles. The van der Waals surface area contributed by atoms with Crippen LogP contribution in [0.1, 0.15) is 0 Å². The summed E-state index contributed by atoms with van der Waals surface area (Å²) >= 11 is 0. The van der Waals surface area contributed by atoms with E-state index in [1.807, 2.05) is 48.3 Å². The first kappa shape index (κ1) is 14.5. The van der Waals surface area contributed by atoms with Crippen molar-refractivity contribution in [3.63, 3.8) is 0 Å². The Balaban J connectivity index is 2.32. The van der Waals surface area contributed by atoms with Crippen LogP contribution >= 0.6 is 0 Å². The van der Waals surface area contributed by atoms with Crippen molar-refractivity contribution in [1.82, 2.24) is 9.55 Å². The number of aromatic nitrogens is 2. The van der Waals surface area contributed by atoms with Gasteiger partial charge in [0.05, 0.1) is 18.4 Å². The van der Waals surface area contributed by atoms with Crippen LogP contribution in [-0.4, -0.2) is 22.9 Å². The molecule has 2 aromatic carbocycles. The van der Waals surface area contributed by atoms with E-state index in [1.165, 1.54) is 4.57 Å². The van der Waals surface area contributed by atoms with Crippen LogP contribution in [0.4, 0.5) is 17.2 Å². The maximum Gasteiger partial charge on any atom is 0.229 e. The number of benzene rings is 2. The number of fused-ring (bicyclic) bond motifs is 1. The van der Waals surface area contributed by atoms with Gasteiger partial charge in [0.1, 0.15) is 5.82 Å². The molecule has 1 aromatic heterocycles. The lowest BCUT2D eigenvalue weighted by Gasteiger charge is -2.21. The summed E-state index contributed by atoms with van der Waals surface area (Å²) in [5.74, 6) is 0.617. The number of nitrogens with one attached hydrogen (secondary N) is 2. The fourth-order valence-corrected chi connectivity index (χ4v) is 2.47. The van der Waals surface area contributed by atoms with Crippen molar-refractivity contribution < 1.29 is 0 Å². The predicted molar refractivity (Wildman–Crippen MR) is 90.5 cm³/mol. The maximum absolute atomic E-state index is 8.07. The van der Waals surface area contributed by atoms with Crippen LogP contribution in [0.3, 0.4) is 0 Å². The lowest BCUT2D eigenvalue weighted by atomic mass is 10.2. The van der Waals surface area contributed by atoms with Crippen molar-refractivity contribution in [2.75, 3.05) is 11.9 Å². The van der Waals surface area contributed by atoms with E-state index in [0.29, 0.717) is 17.0 Å². The lowest BCUT2D eigenvalue weighted by molar-refractivity contribution is 0.915. The van der Waals surface area contributed by atoms with Crippen LogP contribution < -0.4 is 10.5 Å². The van der Waals surface area contributed by atoms with E-state index in [0.717, 1.165) is 17.4 Å². The van der Waals surface area contributed by atoms with E-state index in [9.17, 15) is 0 Å². The Morgan fingerprint density at radius 2 is 1.96 bits per heavy atom. The highest BCUT2D eigenvalue weighted by Gasteiger charge is 2.13. The molecule has 0 aliphatic carbocycles. The molecule has 6 heteroatoms. The van der Waals surface area contributed by atoms with Crippen molar-refractivity contribution in [2.45, 2.75) is 0 Å². The highest BCUT2D eigenvalue weighted by Crippen LogP contribution is 2.29. The molecule has 0 bridgehead atoms. The molecular formula is C17H14N6. The summed E-state index contributed by atoms with van der Waals surface area (Å²) in [6.45, 7) is 7.16. The van der Waals surface area contributed by atoms with Gasteiger partial charge in [0.2, 0.25) is 5.62 Å².